The molecule has 0 radical (unpaired) electrons. The number of rotatable bonds is 8. The fraction of sp³-hybridized carbons (Fsp3) is 0.857. The number of aliphatic carboxylic acids is 1. The molecule has 0 saturated carbocycles. The molecule has 1 fully saturated rings. The number of unbranched alkanes of at least 4 members (excludes halogenated alkanes) is 2. The Hall–Kier alpha value is -1.30. The van der Waals surface area contributed by atoms with Gasteiger partial charge < -0.3 is 20.5 Å². The van der Waals surface area contributed by atoms with Crippen LogP contribution in [0.2, 0.25) is 0 Å². The highest BCUT2D eigenvalue weighted by Crippen LogP contribution is 2.18. The summed E-state index contributed by atoms with van der Waals surface area (Å²) in [6.07, 6.45) is 4.49. The first-order valence-electron chi connectivity index (χ1n) is 7.43. The van der Waals surface area contributed by atoms with Crippen LogP contribution in [-0.4, -0.2) is 42.9 Å². The van der Waals surface area contributed by atoms with E-state index in [2.05, 4.69) is 10.6 Å². The van der Waals surface area contributed by atoms with Crippen LogP contribution in [0.5, 0.6) is 0 Å². The smallest absolute Gasteiger partial charge is 0.315 e. The largest absolute Gasteiger partial charge is 0.481 e. The molecule has 1 atom stereocenters. The van der Waals surface area contributed by atoms with Crippen molar-refractivity contribution in [1.82, 2.24) is 10.6 Å². The Morgan fingerprint density at radius 2 is 1.95 bits per heavy atom. The molecular weight excluding hydrogens is 260 g/mol. The van der Waals surface area contributed by atoms with Crippen LogP contribution >= 0.6 is 0 Å². The van der Waals surface area contributed by atoms with Crippen molar-refractivity contribution in [3.8, 4) is 0 Å². The van der Waals surface area contributed by atoms with Gasteiger partial charge in [-0.15, -0.1) is 0 Å². The summed E-state index contributed by atoms with van der Waals surface area (Å²) in [7, 11) is 0. The number of nitrogens with one attached hydrogen (secondary N) is 2. The molecular formula is C14H26N2O4. The lowest BCUT2D eigenvalue weighted by Crippen LogP contribution is -2.45. The van der Waals surface area contributed by atoms with Crippen molar-refractivity contribution in [2.75, 3.05) is 19.8 Å². The van der Waals surface area contributed by atoms with Crippen molar-refractivity contribution in [2.24, 2.45) is 5.92 Å². The van der Waals surface area contributed by atoms with Crippen LogP contribution in [0.1, 0.15) is 45.4 Å². The number of ether oxygens (including phenoxy) is 1. The molecule has 0 bridgehead atoms. The van der Waals surface area contributed by atoms with Crippen molar-refractivity contribution in [1.29, 1.82) is 0 Å². The minimum absolute atomic E-state index is 0.137. The molecule has 0 aromatic carbocycles. The third-order valence-corrected chi connectivity index (χ3v) is 3.68. The van der Waals surface area contributed by atoms with E-state index in [4.69, 9.17) is 9.84 Å². The molecule has 1 saturated heterocycles. The van der Waals surface area contributed by atoms with E-state index in [9.17, 15) is 9.59 Å². The van der Waals surface area contributed by atoms with Gasteiger partial charge in [0.25, 0.3) is 0 Å². The van der Waals surface area contributed by atoms with Crippen LogP contribution < -0.4 is 10.6 Å². The second kappa shape index (κ2) is 9.58. The maximum absolute atomic E-state index is 11.7. The van der Waals surface area contributed by atoms with Crippen LogP contribution in [0, 0.1) is 5.92 Å². The lowest BCUT2D eigenvalue weighted by Gasteiger charge is -2.28. The molecule has 3 N–H and O–H groups in total. The number of hydrogen-bond donors (Lipinski definition) is 3. The van der Waals surface area contributed by atoms with Gasteiger partial charge in [0.15, 0.2) is 0 Å². The zero-order valence-electron chi connectivity index (χ0n) is 12.2. The fourth-order valence-electron chi connectivity index (χ4n) is 2.37. The predicted molar refractivity (Wildman–Crippen MR) is 75.6 cm³/mol. The van der Waals surface area contributed by atoms with E-state index in [1.807, 2.05) is 6.92 Å². The second-order valence-corrected chi connectivity index (χ2v) is 5.34. The number of hydrogen-bond acceptors (Lipinski definition) is 3. The van der Waals surface area contributed by atoms with Crippen molar-refractivity contribution >= 4 is 12.0 Å². The van der Waals surface area contributed by atoms with E-state index in [0.29, 0.717) is 18.9 Å². The van der Waals surface area contributed by atoms with Crippen LogP contribution in [0.25, 0.3) is 0 Å². The number of urea groups is 1. The third kappa shape index (κ3) is 7.33. The highest BCUT2D eigenvalue weighted by Gasteiger charge is 2.21. The highest BCUT2D eigenvalue weighted by molar-refractivity contribution is 5.74. The van der Waals surface area contributed by atoms with Gasteiger partial charge in [0, 0.05) is 32.2 Å². The van der Waals surface area contributed by atoms with Crippen LogP contribution in [0.4, 0.5) is 4.79 Å². The van der Waals surface area contributed by atoms with Gasteiger partial charge >= 0.3 is 12.0 Å². The molecule has 1 heterocycles. The Bertz CT molecular complexity index is 304. The number of carboxylic acids is 1. The van der Waals surface area contributed by atoms with Gasteiger partial charge in [0.05, 0.1) is 0 Å². The van der Waals surface area contributed by atoms with Crippen LogP contribution in [-0.2, 0) is 9.53 Å². The van der Waals surface area contributed by atoms with Gasteiger partial charge in [-0.05, 0) is 38.5 Å². The van der Waals surface area contributed by atoms with Gasteiger partial charge in [-0.1, -0.05) is 6.42 Å². The summed E-state index contributed by atoms with van der Waals surface area (Å²) in [6.45, 7) is 4.18. The van der Waals surface area contributed by atoms with E-state index in [0.717, 1.165) is 38.9 Å². The monoisotopic (exact) mass is 286 g/mol. The molecule has 1 rings (SSSR count). The Morgan fingerprint density at radius 1 is 1.25 bits per heavy atom. The van der Waals surface area contributed by atoms with Gasteiger partial charge in [-0.3, -0.25) is 4.79 Å². The van der Waals surface area contributed by atoms with Gasteiger partial charge in [-0.25, -0.2) is 4.79 Å². The van der Waals surface area contributed by atoms with Crippen LogP contribution in [0.15, 0.2) is 0 Å². The van der Waals surface area contributed by atoms with Crippen LogP contribution in [0.3, 0.4) is 0 Å². The van der Waals surface area contributed by atoms with Crippen molar-refractivity contribution in [2.45, 2.75) is 51.5 Å². The van der Waals surface area contributed by atoms with Gasteiger partial charge in [0.1, 0.15) is 0 Å². The zero-order valence-corrected chi connectivity index (χ0v) is 12.2. The maximum atomic E-state index is 11.7. The minimum Gasteiger partial charge on any atom is -0.481 e. The first-order valence-corrected chi connectivity index (χ1v) is 7.43. The molecule has 116 valence electrons. The summed E-state index contributed by atoms with van der Waals surface area (Å²) in [5, 5.41) is 14.3. The average molecular weight is 286 g/mol. The zero-order chi connectivity index (χ0) is 14.8. The SMILES string of the molecule is CC(NC(=O)NCCCCCC(=O)O)C1CCOCC1. The maximum Gasteiger partial charge on any atom is 0.315 e. The second-order valence-electron chi connectivity index (χ2n) is 5.34. The highest BCUT2D eigenvalue weighted by atomic mass is 16.5. The molecule has 2 amide bonds. The first-order chi connectivity index (χ1) is 9.59. The molecule has 0 aromatic heterocycles. The number of carboxylic acid groups (broad SMARTS) is 1. The fourth-order valence-corrected chi connectivity index (χ4v) is 2.37. The summed E-state index contributed by atoms with van der Waals surface area (Å²) in [4.78, 5) is 22.0. The predicted octanol–water partition coefficient (Wildman–Crippen LogP) is 1.75. The Morgan fingerprint density at radius 3 is 2.60 bits per heavy atom. The van der Waals surface area contributed by atoms with Crippen molar-refractivity contribution < 1.29 is 19.4 Å². The molecule has 6 nitrogen and oxygen atoms in total. The van der Waals surface area contributed by atoms with E-state index in [-0.39, 0.29) is 18.5 Å². The minimum atomic E-state index is -0.763. The average Bonchev–Trinajstić information content (AvgIpc) is 2.43. The lowest BCUT2D eigenvalue weighted by atomic mass is 9.93. The first kappa shape index (κ1) is 16.8. The number of amides is 2. The number of carbonyl (C=O) groups excluding carboxylic acids is 1. The number of carbonyl (C=O) groups is 2. The summed E-state index contributed by atoms with van der Waals surface area (Å²) in [5.41, 5.74) is 0. The molecule has 1 aliphatic rings. The summed E-state index contributed by atoms with van der Waals surface area (Å²) in [5.74, 6) is -0.272. The Labute approximate surface area is 120 Å². The van der Waals surface area contributed by atoms with E-state index in [1.165, 1.54) is 0 Å². The standard InChI is InChI=1S/C14H26N2O4/c1-11(12-6-9-20-10-7-12)16-14(19)15-8-4-2-3-5-13(17)18/h11-12H,2-10H2,1H3,(H,17,18)(H2,15,16,19). The molecule has 20 heavy (non-hydrogen) atoms. The molecule has 1 unspecified atom stereocenters. The third-order valence-electron chi connectivity index (χ3n) is 3.68. The quantitative estimate of drug-likeness (QED) is 0.593. The molecule has 0 aliphatic carbocycles. The summed E-state index contributed by atoms with van der Waals surface area (Å²) >= 11 is 0. The molecule has 0 aromatic rings. The molecule has 0 spiro atoms. The summed E-state index contributed by atoms with van der Waals surface area (Å²) in [6, 6.07) is 0.0214. The topological polar surface area (TPSA) is 87.7 Å². The van der Waals surface area contributed by atoms with E-state index >= 15 is 0 Å². The Kier molecular flexibility index (Phi) is 8.02. The van der Waals surface area contributed by atoms with Crippen molar-refractivity contribution in [3.05, 3.63) is 0 Å². The normalized spacial score (nSPS) is 17.4. The van der Waals surface area contributed by atoms with Gasteiger partial charge in [0.2, 0.25) is 0 Å². The molecule has 6 heteroatoms. The summed E-state index contributed by atoms with van der Waals surface area (Å²) < 4.78 is 5.30. The van der Waals surface area contributed by atoms with Crippen molar-refractivity contribution in [3.63, 3.8) is 0 Å². The van der Waals surface area contributed by atoms with Gasteiger partial charge in [-0.2, -0.15) is 0 Å². The van der Waals surface area contributed by atoms with E-state index in [1.54, 1.807) is 0 Å². The molecule has 1 aliphatic heterocycles. The lowest BCUT2D eigenvalue weighted by molar-refractivity contribution is -0.137. The van der Waals surface area contributed by atoms with E-state index < -0.39 is 5.97 Å². The Balaban J connectivity index is 2.03.